The van der Waals surface area contributed by atoms with Crippen molar-refractivity contribution in [2.45, 2.75) is 19.4 Å². The van der Waals surface area contributed by atoms with E-state index < -0.39 is 11.0 Å². The van der Waals surface area contributed by atoms with Gasteiger partial charge in [-0.2, -0.15) is 0 Å². The van der Waals surface area contributed by atoms with Gasteiger partial charge in [0.1, 0.15) is 5.60 Å². The molecule has 0 fully saturated rings. The number of carbonyl (C=O) groups is 1. The molecule has 3 aromatic rings. The monoisotopic (exact) mass is 368 g/mol. The van der Waals surface area contributed by atoms with E-state index in [2.05, 4.69) is 24.3 Å². The number of benzene rings is 3. The van der Waals surface area contributed by atoms with Crippen molar-refractivity contribution < 1.29 is 9.53 Å². The van der Waals surface area contributed by atoms with Gasteiger partial charge in [-0.1, -0.05) is 91.0 Å². The smallest absolute Gasteiger partial charge is 0.173 e. The Morgan fingerprint density at radius 3 is 1.64 bits per heavy atom. The third-order valence-corrected chi connectivity index (χ3v) is 5.89. The summed E-state index contributed by atoms with van der Waals surface area (Å²) in [6.45, 7) is 3.98. The van der Waals surface area contributed by atoms with Crippen molar-refractivity contribution in [3.63, 3.8) is 0 Å². The molecule has 0 amide bonds. The molecule has 140 valence electrons. The Bertz CT molecular complexity index is 1020. The van der Waals surface area contributed by atoms with Gasteiger partial charge in [0.15, 0.2) is 5.78 Å². The molecular formula is C26H24O2. The average Bonchev–Trinajstić information content (AvgIpc) is 2.93. The molecule has 0 N–H and O–H groups in total. The van der Waals surface area contributed by atoms with Gasteiger partial charge in [-0.05, 0) is 30.5 Å². The molecule has 1 atom stereocenters. The highest BCUT2D eigenvalue weighted by molar-refractivity contribution is 6.35. The number of rotatable bonds is 4. The zero-order valence-electron chi connectivity index (χ0n) is 16.5. The molecule has 0 bridgehead atoms. The number of allylic oxidation sites excluding steroid dienone is 1. The van der Waals surface area contributed by atoms with Crippen molar-refractivity contribution in [1.29, 1.82) is 0 Å². The van der Waals surface area contributed by atoms with Gasteiger partial charge >= 0.3 is 0 Å². The molecule has 0 radical (unpaired) electrons. The number of hydrogen-bond donors (Lipinski definition) is 0. The summed E-state index contributed by atoms with van der Waals surface area (Å²) in [5, 5.41) is 0. The highest BCUT2D eigenvalue weighted by Crippen LogP contribution is 2.60. The molecule has 28 heavy (non-hydrogen) atoms. The number of hydrogen-bond acceptors (Lipinski definition) is 2. The average molecular weight is 368 g/mol. The van der Waals surface area contributed by atoms with Crippen LogP contribution in [0.3, 0.4) is 0 Å². The first-order valence-corrected chi connectivity index (χ1v) is 9.55. The van der Waals surface area contributed by atoms with Crippen LogP contribution in [-0.2, 0) is 15.1 Å². The molecule has 1 aliphatic carbocycles. The van der Waals surface area contributed by atoms with Crippen LogP contribution in [0.2, 0.25) is 0 Å². The molecular weight excluding hydrogens is 344 g/mol. The van der Waals surface area contributed by atoms with Crippen molar-refractivity contribution >= 4 is 16.9 Å². The van der Waals surface area contributed by atoms with E-state index in [4.69, 9.17) is 4.74 Å². The van der Waals surface area contributed by atoms with E-state index in [1.807, 2.05) is 80.6 Å². The van der Waals surface area contributed by atoms with Crippen LogP contribution in [0.5, 0.6) is 0 Å². The highest BCUT2D eigenvalue weighted by Gasteiger charge is 2.61. The second-order valence-corrected chi connectivity index (χ2v) is 7.69. The fourth-order valence-corrected chi connectivity index (χ4v) is 4.56. The molecule has 1 aliphatic rings. The molecule has 0 aliphatic heterocycles. The van der Waals surface area contributed by atoms with Crippen molar-refractivity contribution in [3.8, 4) is 0 Å². The van der Waals surface area contributed by atoms with Crippen LogP contribution in [0.25, 0.3) is 11.1 Å². The van der Waals surface area contributed by atoms with E-state index in [1.165, 1.54) is 0 Å². The highest BCUT2D eigenvalue weighted by atomic mass is 16.5. The van der Waals surface area contributed by atoms with Gasteiger partial charge in [0.05, 0.1) is 5.41 Å². The minimum absolute atomic E-state index is 0.100. The van der Waals surface area contributed by atoms with E-state index in [0.29, 0.717) is 0 Å². The van der Waals surface area contributed by atoms with Crippen LogP contribution in [0.4, 0.5) is 0 Å². The Morgan fingerprint density at radius 2 is 1.14 bits per heavy atom. The van der Waals surface area contributed by atoms with Gasteiger partial charge in [-0.3, -0.25) is 4.79 Å². The van der Waals surface area contributed by atoms with Gasteiger partial charge in [0.25, 0.3) is 0 Å². The summed E-state index contributed by atoms with van der Waals surface area (Å²) in [5.74, 6) is 0.100. The Morgan fingerprint density at radius 1 is 0.679 bits per heavy atom. The standard InChI is InChI=1S/C26H24O2/c1-25(2)24(27)22(19-13-7-4-8-14-19)23(20-15-9-5-10-16-20)26(25,28-3)21-17-11-6-12-18-21/h4-18H,1-3H3. The van der Waals surface area contributed by atoms with Crippen LogP contribution in [0.1, 0.15) is 30.5 Å². The number of Topliss-reactive ketones (excluding diaryl/α,β-unsaturated/α-hetero) is 1. The van der Waals surface area contributed by atoms with E-state index in [-0.39, 0.29) is 5.78 Å². The van der Waals surface area contributed by atoms with Gasteiger partial charge < -0.3 is 4.74 Å². The van der Waals surface area contributed by atoms with Crippen LogP contribution in [0.15, 0.2) is 91.0 Å². The van der Waals surface area contributed by atoms with E-state index in [0.717, 1.165) is 27.8 Å². The largest absolute Gasteiger partial charge is 0.368 e. The molecule has 4 rings (SSSR count). The van der Waals surface area contributed by atoms with E-state index >= 15 is 0 Å². The normalized spacial score (nSPS) is 21.2. The molecule has 0 saturated carbocycles. The van der Waals surface area contributed by atoms with Crippen molar-refractivity contribution in [2.24, 2.45) is 5.41 Å². The van der Waals surface area contributed by atoms with Crippen LogP contribution in [0, 0.1) is 5.41 Å². The summed E-state index contributed by atoms with van der Waals surface area (Å²) in [6.07, 6.45) is 0. The van der Waals surface area contributed by atoms with Crippen molar-refractivity contribution in [2.75, 3.05) is 7.11 Å². The summed E-state index contributed by atoms with van der Waals surface area (Å²) in [4.78, 5) is 13.8. The Balaban J connectivity index is 2.14. The first kappa shape index (κ1) is 18.4. The fraction of sp³-hybridized carbons (Fsp3) is 0.192. The molecule has 0 aromatic heterocycles. The predicted octanol–water partition coefficient (Wildman–Crippen LogP) is 5.75. The summed E-state index contributed by atoms with van der Waals surface area (Å²) in [7, 11) is 1.71. The Kier molecular flexibility index (Phi) is 4.52. The minimum Gasteiger partial charge on any atom is -0.368 e. The summed E-state index contributed by atoms with van der Waals surface area (Å²) >= 11 is 0. The predicted molar refractivity (Wildman–Crippen MR) is 114 cm³/mol. The maximum absolute atomic E-state index is 13.8. The first-order valence-electron chi connectivity index (χ1n) is 9.55. The molecule has 0 heterocycles. The molecule has 3 aromatic carbocycles. The Hall–Kier alpha value is -2.97. The van der Waals surface area contributed by atoms with Gasteiger partial charge in [0, 0.05) is 18.3 Å². The van der Waals surface area contributed by atoms with Gasteiger partial charge in [-0.15, -0.1) is 0 Å². The zero-order chi connectivity index (χ0) is 19.8. The Labute approximate surface area is 166 Å². The quantitative estimate of drug-likeness (QED) is 0.586. The SMILES string of the molecule is COC1(c2ccccc2)C(c2ccccc2)=C(c2ccccc2)C(=O)C1(C)C. The zero-order valence-corrected chi connectivity index (χ0v) is 16.5. The van der Waals surface area contributed by atoms with Crippen molar-refractivity contribution in [3.05, 3.63) is 108 Å². The fourth-order valence-electron chi connectivity index (χ4n) is 4.56. The van der Waals surface area contributed by atoms with Crippen molar-refractivity contribution in [1.82, 2.24) is 0 Å². The maximum Gasteiger partial charge on any atom is 0.173 e. The summed E-state index contributed by atoms with van der Waals surface area (Å²) in [6, 6.07) is 30.1. The molecule has 0 spiro atoms. The topological polar surface area (TPSA) is 26.3 Å². The number of methoxy groups -OCH3 is 1. The van der Waals surface area contributed by atoms with Gasteiger partial charge in [0.2, 0.25) is 0 Å². The lowest BCUT2D eigenvalue weighted by Crippen LogP contribution is -2.44. The lowest BCUT2D eigenvalue weighted by atomic mass is 9.68. The maximum atomic E-state index is 13.8. The third kappa shape index (κ3) is 2.49. The molecule has 2 nitrogen and oxygen atoms in total. The van der Waals surface area contributed by atoms with Crippen LogP contribution >= 0.6 is 0 Å². The summed E-state index contributed by atoms with van der Waals surface area (Å²) in [5.41, 5.74) is 2.95. The first-order chi connectivity index (χ1) is 13.5. The lowest BCUT2D eigenvalue weighted by molar-refractivity contribution is -0.133. The molecule has 0 saturated heterocycles. The molecule has 2 heteroatoms. The number of ether oxygens (including phenoxy) is 1. The molecule has 1 unspecified atom stereocenters. The summed E-state index contributed by atoms with van der Waals surface area (Å²) < 4.78 is 6.31. The lowest BCUT2D eigenvalue weighted by Gasteiger charge is -2.42. The second kappa shape index (κ2) is 6.88. The van der Waals surface area contributed by atoms with E-state index in [9.17, 15) is 4.79 Å². The van der Waals surface area contributed by atoms with Crippen LogP contribution in [-0.4, -0.2) is 12.9 Å². The van der Waals surface area contributed by atoms with Gasteiger partial charge in [-0.25, -0.2) is 0 Å². The van der Waals surface area contributed by atoms with Crippen LogP contribution < -0.4 is 0 Å². The third-order valence-electron chi connectivity index (χ3n) is 5.89. The minimum atomic E-state index is -0.877. The second-order valence-electron chi connectivity index (χ2n) is 7.69. The number of carbonyl (C=O) groups excluding carboxylic acids is 1. The number of ketones is 1. The van der Waals surface area contributed by atoms with E-state index in [1.54, 1.807) is 7.11 Å².